The molecular formula is C18H19F3N4O3. The first kappa shape index (κ1) is 19.7. The van der Waals surface area contributed by atoms with Crippen molar-refractivity contribution >= 4 is 12.0 Å². The molecule has 0 N–H and O–H groups in total. The smallest absolute Gasteiger partial charge is 0.450 e. The maximum Gasteiger partial charge on any atom is 0.573 e. The average Bonchev–Trinajstić information content (AvgIpc) is 2.68. The van der Waals surface area contributed by atoms with E-state index in [2.05, 4.69) is 14.7 Å². The summed E-state index contributed by atoms with van der Waals surface area (Å²) in [7, 11) is 0. The van der Waals surface area contributed by atoms with Crippen molar-refractivity contribution < 1.29 is 27.4 Å². The van der Waals surface area contributed by atoms with E-state index < -0.39 is 6.36 Å². The normalized spacial score (nSPS) is 14.7. The Labute approximate surface area is 159 Å². The van der Waals surface area contributed by atoms with Crippen LogP contribution in [0.1, 0.15) is 6.92 Å². The van der Waals surface area contributed by atoms with Gasteiger partial charge in [-0.1, -0.05) is 12.1 Å². The molecule has 0 bridgehead atoms. The van der Waals surface area contributed by atoms with E-state index in [1.54, 1.807) is 24.2 Å². The molecule has 1 aromatic heterocycles. The molecule has 0 spiro atoms. The topological polar surface area (TPSA) is 67.8 Å². The maximum absolute atomic E-state index is 12.2. The molecule has 1 aromatic carbocycles. The molecule has 1 aliphatic heterocycles. The zero-order chi connectivity index (χ0) is 20.1. The summed E-state index contributed by atoms with van der Waals surface area (Å²) in [5.41, 5.74) is 1.35. The van der Waals surface area contributed by atoms with Gasteiger partial charge in [0.1, 0.15) is 5.75 Å². The van der Waals surface area contributed by atoms with E-state index in [1.165, 1.54) is 24.3 Å². The Hall–Kier alpha value is -3.04. The third-order valence-electron chi connectivity index (χ3n) is 4.15. The van der Waals surface area contributed by atoms with E-state index in [-0.39, 0.29) is 11.8 Å². The standard InChI is InChI=1S/C18H19F3N4O3/c1-2-27-17(26)25-9-7-24(8-10-25)16-22-11-14(12-23-16)13-3-5-15(6-4-13)28-18(19,20)21/h3-6,11-12H,2,7-10H2,1H3. The molecule has 0 radical (unpaired) electrons. The Bertz CT molecular complexity index is 789. The number of nitrogens with zero attached hydrogens (tertiary/aromatic N) is 4. The zero-order valence-corrected chi connectivity index (χ0v) is 15.1. The first-order valence-electron chi connectivity index (χ1n) is 8.70. The van der Waals surface area contributed by atoms with Gasteiger partial charge < -0.3 is 19.3 Å². The summed E-state index contributed by atoms with van der Waals surface area (Å²) in [6.45, 7) is 4.31. The Morgan fingerprint density at radius 2 is 1.64 bits per heavy atom. The number of halogens is 3. The van der Waals surface area contributed by atoms with Gasteiger partial charge in [-0.15, -0.1) is 13.2 Å². The summed E-state index contributed by atoms with van der Waals surface area (Å²) in [5.74, 6) is 0.248. The van der Waals surface area contributed by atoms with Crippen LogP contribution < -0.4 is 9.64 Å². The van der Waals surface area contributed by atoms with Crippen molar-refractivity contribution in [2.75, 3.05) is 37.7 Å². The summed E-state index contributed by atoms with van der Waals surface area (Å²) >= 11 is 0. The summed E-state index contributed by atoms with van der Waals surface area (Å²) in [4.78, 5) is 24.0. The number of piperazine rings is 1. The Morgan fingerprint density at radius 3 is 2.18 bits per heavy atom. The minimum atomic E-state index is -4.72. The van der Waals surface area contributed by atoms with Crippen LogP contribution in [0, 0.1) is 0 Å². The van der Waals surface area contributed by atoms with Gasteiger partial charge in [-0.05, 0) is 24.6 Å². The van der Waals surface area contributed by atoms with E-state index in [4.69, 9.17) is 4.74 Å². The van der Waals surface area contributed by atoms with Crippen LogP contribution in [0.25, 0.3) is 11.1 Å². The highest BCUT2D eigenvalue weighted by Gasteiger charge is 2.31. The van der Waals surface area contributed by atoms with Crippen molar-refractivity contribution in [3.63, 3.8) is 0 Å². The molecule has 0 atom stereocenters. The van der Waals surface area contributed by atoms with Gasteiger partial charge in [-0.3, -0.25) is 0 Å². The highest BCUT2D eigenvalue weighted by molar-refractivity contribution is 5.68. The lowest BCUT2D eigenvalue weighted by Gasteiger charge is -2.33. The molecule has 0 unspecified atom stereocenters. The highest BCUT2D eigenvalue weighted by atomic mass is 19.4. The molecular weight excluding hydrogens is 377 g/mol. The number of hydrogen-bond donors (Lipinski definition) is 0. The summed E-state index contributed by atoms with van der Waals surface area (Å²) in [6.07, 6.45) is -1.82. The molecule has 0 saturated carbocycles. The fourth-order valence-corrected chi connectivity index (χ4v) is 2.79. The molecule has 2 heterocycles. The maximum atomic E-state index is 12.2. The molecule has 1 amide bonds. The minimum absolute atomic E-state index is 0.284. The summed E-state index contributed by atoms with van der Waals surface area (Å²) in [5, 5.41) is 0. The fourth-order valence-electron chi connectivity index (χ4n) is 2.79. The third-order valence-corrected chi connectivity index (χ3v) is 4.15. The van der Waals surface area contributed by atoms with Gasteiger partial charge in [0.15, 0.2) is 0 Å². The van der Waals surface area contributed by atoms with Gasteiger partial charge in [-0.2, -0.15) is 0 Å². The van der Waals surface area contributed by atoms with Gasteiger partial charge >= 0.3 is 12.5 Å². The number of alkyl halides is 3. The van der Waals surface area contributed by atoms with Crippen molar-refractivity contribution in [3.05, 3.63) is 36.7 Å². The van der Waals surface area contributed by atoms with E-state index in [9.17, 15) is 18.0 Å². The number of aromatic nitrogens is 2. The van der Waals surface area contributed by atoms with Gasteiger partial charge in [0.2, 0.25) is 5.95 Å². The quantitative estimate of drug-likeness (QED) is 0.790. The molecule has 28 heavy (non-hydrogen) atoms. The monoisotopic (exact) mass is 396 g/mol. The second-order valence-corrected chi connectivity index (χ2v) is 6.02. The number of carbonyl (C=O) groups excluding carboxylic acids is 1. The molecule has 2 aromatic rings. The zero-order valence-electron chi connectivity index (χ0n) is 15.1. The molecule has 3 rings (SSSR count). The number of carbonyl (C=O) groups is 1. The van der Waals surface area contributed by atoms with Gasteiger partial charge in [-0.25, -0.2) is 14.8 Å². The van der Waals surface area contributed by atoms with Crippen molar-refractivity contribution in [2.45, 2.75) is 13.3 Å². The van der Waals surface area contributed by atoms with Crippen LogP contribution in [0.2, 0.25) is 0 Å². The average molecular weight is 396 g/mol. The number of benzene rings is 1. The van der Waals surface area contributed by atoms with E-state index in [0.717, 1.165) is 0 Å². The lowest BCUT2D eigenvalue weighted by molar-refractivity contribution is -0.274. The highest BCUT2D eigenvalue weighted by Crippen LogP contribution is 2.26. The number of anilines is 1. The molecule has 150 valence electrons. The predicted octanol–water partition coefficient (Wildman–Crippen LogP) is 3.32. The van der Waals surface area contributed by atoms with Crippen LogP contribution in [0.3, 0.4) is 0 Å². The second kappa shape index (κ2) is 8.32. The lowest BCUT2D eigenvalue weighted by Crippen LogP contribution is -2.49. The molecule has 0 aliphatic carbocycles. The Kier molecular flexibility index (Phi) is 5.86. The van der Waals surface area contributed by atoms with E-state index in [1.807, 2.05) is 4.90 Å². The van der Waals surface area contributed by atoms with Crippen LogP contribution in [-0.4, -0.2) is 60.1 Å². The van der Waals surface area contributed by atoms with Crippen LogP contribution in [0.5, 0.6) is 5.75 Å². The number of amides is 1. The van der Waals surface area contributed by atoms with Crippen molar-refractivity contribution in [1.29, 1.82) is 0 Å². The summed E-state index contributed by atoms with van der Waals surface area (Å²) < 4.78 is 45.5. The molecule has 10 heteroatoms. The molecule has 7 nitrogen and oxygen atoms in total. The number of ether oxygens (including phenoxy) is 2. The van der Waals surface area contributed by atoms with Crippen molar-refractivity contribution in [1.82, 2.24) is 14.9 Å². The van der Waals surface area contributed by atoms with Crippen LogP contribution in [-0.2, 0) is 4.74 Å². The third kappa shape index (κ3) is 5.02. The fraction of sp³-hybridized carbons (Fsp3) is 0.389. The van der Waals surface area contributed by atoms with Gasteiger partial charge in [0.05, 0.1) is 6.61 Å². The lowest BCUT2D eigenvalue weighted by atomic mass is 10.1. The van der Waals surface area contributed by atoms with Gasteiger partial charge in [0, 0.05) is 44.1 Å². The molecule has 1 saturated heterocycles. The Balaban J connectivity index is 1.60. The largest absolute Gasteiger partial charge is 0.573 e. The predicted molar refractivity (Wildman–Crippen MR) is 95.0 cm³/mol. The Morgan fingerprint density at radius 1 is 1.04 bits per heavy atom. The first-order valence-corrected chi connectivity index (χ1v) is 8.70. The van der Waals surface area contributed by atoms with E-state index >= 15 is 0 Å². The molecule has 1 fully saturated rings. The second-order valence-electron chi connectivity index (χ2n) is 6.02. The van der Waals surface area contributed by atoms with E-state index in [0.29, 0.717) is 49.9 Å². The molecule has 1 aliphatic rings. The SMILES string of the molecule is CCOC(=O)N1CCN(c2ncc(-c3ccc(OC(F)(F)F)cc3)cn2)CC1. The van der Waals surface area contributed by atoms with Gasteiger partial charge in [0.25, 0.3) is 0 Å². The van der Waals surface area contributed by atoms with Crippen molar-refractivity contribution in [3.8, 4) is 16.9 Å². The van der Waals surface area contributed by atoms with Crippen LogP contribution in [0.4, 0.5) is 23.9 Å². The first-order chi connectivity index (χ1) is 13.4. The van der Waals surface area contributed by atoms with Crippen molar-refractivity contribution in [2.24, 2.45) is 0 Å². The van der Waals surface area contributed by atoms with Crippen LogP contribution >= 0.6 is 0 Å². The van der Waals surface area contributed by atoms with Crippen LogP contribution in [0.15, 0.2) is 36.7 Å². The number of hydrogen-bond acceptors (Lipinski definition) is 6. The number of rotatable bonds is 4. The summed E-state index contributed by atoms with van der Waals surface area (Å²) in [6, 6.07) is 5.51. The minimum Gasteiger partial charge on any atom is -0.450 e.